The molecule has 1 aromatic carbocycles. The van der Waals surface area contributed by atoms with Crippen molar-refractivity contribution in [1.29, 1.82) is 0 Å². The topological polar surface area (TPSA) is 0 Å². The van der Waals surface area contributed by atoms with Crippen molar-refractivity contribution in [1.82, 2.24) is 0 Å². The van der Waals surface area contributed by atoms with Crippen molar-refractivity contribution >= 4 is 0 Å². The molecule has 0 aliphatic carbocycles. The summed E-state index contributed by atoms with van der Waals surface area (Å²) < 4.78 is 0. The van der Waals surface area contributed by atoms with Gasteiger partial charge in [-0.05, 0) is 24.0 Å². The molecule has 0 heteroatoms. The maximum atomic E-state index is 2.18. The van der Waals surface area contributed by atoms with E-state index < -0.39 is 0 Å². The average Bonchev–Trinajstić information content (AvgIpc) is 2.04. The van der Waals surface area contributed by atoms with Crippen molar-refractivity contribution < 1.29 is 0 Å². The molecule has 0 spiro atoms. The monoisotopic (exact) mass is 133 g/mol. The zero-order valence-electron chi connectivity index (χ0n) is 6.59. The van der Waals surface area contributed by atoms with Gasteiger partial charge in [-0.2, -0.15) is 0 Å². The van der Waals surface area contributed by atoms with Crippen LogP contribution in [0.2, 0.25) is 0 Å². The van der Waals surface area contributed by atoms with Crippen LogP contribution in [0.3, 0.4) is 0 Å². The molecule has 0 aromatic heterocycles. The van der Waals surface area contributed by atoms with Gasteiger partial charge < -0.3 is 0 Å². The normalized spacial score (nSPS) is 9.80. The van der Waals surface area contributed by atoms with E-state index >= 15 is 0 Å². The predicted molar refractivity (Wildman–Crippen MR) is 44.9 cm³/mol. The fraction of sp³-hybridized carbons (Fsp3) is 0.300. The molecular formula is C10H13. The third-order valence-corrected chi connectivity index (χ3v) is 1.75. The average molecular weight is 133 g/mol. The zero-order valence-corrected chi connectivity index (χ0v) is 6.59. The Hall–Kier alpha value is -0.780. The van der Waals surface area contributed by atoms with Gasteiger partial charge in [-0.15, -0.1) is 0 Å². The van der Waals surface area contributed by atoms with Crippen LogP contribution in [0.5, 0.6) is 0 Å². The van der Waals surface area contributed by atoms with E-state index in [-0.39, 0.29) is 0 Å². The van der Waals surface area contributed by atoms with Crippen LogP contribution in [0.25, 0.3) is 0 Å². The molecule has 1 radical (unpaired) electrons. The van der Waals surface area contributed by atoms with Gasteiger partial charge >= 0.3 is 0 Å². The quantitative estimate of drug-likeness (QED) is 0.582. The van der Waals surface area contributed by atoms with E-state index in [2.05, 4.69) is 44.5 Å². The summed E-state index contributed by atoms with van der Waals surface area (Å²) in [6.45, 7) is 4.26. The Morgan fingerprint density at radius 1 is 1.30 bits per heavy atom. The lowest BCUT2D eigenvalue weighted by Crippen LogP contribution is -1.86. The molecule has 0 heterocycles. The standard InChI is InChI=1S/C10H13/c1-3-9-7-5-6-8-10(9)4-2/h3,5-8H,4H2,1-2H3. The van der Waals surface area contributed by atoms with Gasteiger partial charge in [0.15, 0.2) is 0 Å². The van der Waals surface area contributed by atoms with Crippen molar-refractivity contribution in [3.63, 3.8) is 0 Å². The third kappa shape index (κ3) is 1.38. The van der Waals surface area contributed by atoms with Crippen molar-refractivity contribution in [2.24, 2.45) is 0 Å². The van der Waals surface area contributed by atoms with E-state index in [0.717, 1.165) is 6.42 Å². The van der Waals surface area contributed by atoms with Crippen molar-refractivity contribution in [2.75, 3.05) is 0 Å². The molecule has 1 aromatic rings. The molecule has 1 rings (SSSR count). The minimum absolute atomic E-state index is 1.13. The van der Waals surface area contributed by atoms with E-state index in [4.69, 9.17) is 0 Å². The Bertz CT molecular complexity index is 178. The Morgan fingerprint density at radius 2 is 2.00 bits per heavy atom. The van der Waals surface area contributed by atoms with Gasteiger partial charge in [-0.1, -0.05) is 38.1 Å². The van der Waals surface area contributed by atoms with Gasteiger partial charge in [-0.3, -0.25) is 0 Å². The van der Waals surface area contributed by atoms with Crippen LogP contribution in [0, 0.1) is 6.42 Å². The molecule has 0 fully saturated rings. The fourth-order valence-electron chi connectivity index (χ4n) is 1.14. The second kappa shape index (κ2) is 3.40. The summed E-state index contributed by atoms with van der Waals surface area (Å²) in [5, 5.41) is 0. The molecule has 0 unspecified atom stereocenters. The highest BCUT2D eigenvalue weighted by Crippen LogP contribution is 2.10. The summed E-state index contributed by atoms with van der Waals surface area (Å²) in [6, 6.07) is 8.49. The first-order chi connectivity index (χ1) is 4.88. The zero-order chi connectivity index (χ0) is 7.40. The molecule has 53 valence electrons. The summed E-state index contributed by atoms with van der Waals surface area (Å²) >= 11 is 0. The third-order valence-electron chi connectivity index (χ3n) is 1.75. The van der Waals surface area contributed by atoms with Gasteiger partial charge in [0.25, 0.3) is 0 Å². The van der Waals surface area contributed by atoms with E-state index in [1.165, 1.54) is 11.1 Å². The molecule has 0 nitrogen and oxygen atoms in total. The first-order valence-electron chi connectivity index (χ1n) is 3.75. The molecule has 10 heavy (non-hydrogen) atoms. The first-order valence-corrected chi connectivity index (χ1v) is 3.75. The van der Waals surface area contributed by atoms with Gasteiger partial charge in [-0.25, -0.2) is 0 Å². The number of rotatable bonds is 2. The van der Waals surface area contributed by atoms with Gasteiger partial charge in [0, 0.05) is 0 Å². The highest BCUT2D eigenvalue weighted by atomic mass is 14.0. The molecule has 0 atom stereocenters. The lowest BCUT2D eigenvalue weighted by atomic mass is 10.0. The van der Waals surface area contributed by atoms with Gasteiger partial charge in [0.2, 0.25) is 0 Å². The summed E-state index contributed by atoms with van der Waals surface area (Å²) in [4.78, 5) is 0. The molecule has 0 saturated carbocycles. The lowest BCUT2D eigenvalue weighted by Gasteiger charge is -2.02. The molecule has 0 N–H and O–H groups in total. The summed E-state index contributed by atoms with van der Waals surface area (Å²) in [5.74, 6) is 0. The van der Waals surface area contributed by atoms with Crippen LogP contribution < -0.4 is 0 Å². The molecule has 0 aliphatic heterocycles. The Labute approximate surface area is 62.9 Å². The number of aryl methyl sites for hydroxylation is 1. The maximum Gasteiger partial charge on any atom is -0.0121 e. The minimum atomic E-state index is 1.13. The van der Waals surface area contributed by atoms with Crippen LogP contribution in [-0.4, -0.2) is 0 Å². The first kappa shape index (κ1) is 7.33. The van der Waals surface area contributed by atoms with E-state index in [1.54, 1.807) is 0 Å². The Kier molecular flexibility index (Phi) is 2.49. The second-order valence-electron chi connectivity index (χ2n) is 2.34. The van der Waals surface area contributed by atoms with Crippen LogP contribution in [0.15, 0.2) is 24.3 Å². The van der Waals surface area contributed by atoms with Crippen molar-refractivity contribution in [2.45, 2.75) is 20.3 Å². The van der Waals surface area contributed by atoms with Crippen molar-refractivity contribution in [3.8, 4) is 0 Å². The van der Waals surface area contributed by atoms with Crippen LogP contribution >= 0.6 is 0 Å². The molecular weight excluding hydrogens is 120 g/mol. The van der Waals surface area contributed by atoms with E-state index in [9.17, 15) is 0 Å². The van der Waals surface area contributed by atoms with Gasteiger partial charge in [0.05, 0.1) is 0 Å². The molecule has 0 bridgehead atoms. The maximum absolute atomic E-state index is 2.18. The van der Waals surface area contributed by atoms with Crippen LogP contribution in [0.1, 0.15) is 25.0 Å². The fourth-order valence-corrected chi connectivity index (χ4v) is 1.14. The molecule has 0 amide bonds. The largest absolute Gasteiger partial charge is 0.0620 e. The Balaban J connectivity index is 2.96. The van der Waals surface area contributed by atoms with E-state index in [0.29, 0.717) is 0 Å². The van der Waals surface area contributed by atoms with Crippen LogP contribution in [0.4, 0.5) is 0 Å². The molecule has 0 aliphatic rings. The van der Waals surface area contributed by atoms with Crippen LogP contribution in [-0.2, 0) is 6.42 Å². The van der Waals surface area contributed by atoms with E-state index in [1.807, 2.05) is 0 Å². The summed E-state index contributed by atoms with van der Waals surface area (Å²) in [6.07, 6.45) is 3.28. The Morgan fingerprint density at radius 3 is 2.50 bits per heavy atom. The van der Waals surface area contributed by atoms with Gasteiger partial charge in [0.1, 0.15) is 0 Å². The lowest BCUT2D eigenvalue weighted by molar-refractivity contribution is 1.11. The highest BCUT2D eigenvalue weighted by molar-refractivity contribution is 5.31. The van der Waals surface area contributed by atoms with Crippen molar-refractivity contribution in [3.05, 3.63) is 41.8 Å². The predicted octanol–water partition coefficient (Wildman–Crippen LogP) is 2.82. The molecule has 0 saturated heterocycles. The second-order valence-corrected chi connectivity index (χ2v) is 2.34. The summed E-state index contributed by atoms with van der Waals surface area (Å²) in [5.41, 5.74) is 2.80. The SMILES string of the molecule is C[CH]c1ccccc1CC. The number of hydrogen-bond acceptors (Lipinski definition) is 0. The minimum Gasteiger partial charge on any atom is -0.0620 e. The highest BCUT2D eigenvalue weighted by Gasteiger charge is 1.94. The number of benzene rings is 1. The smallest absolute Gasteiger partial charge is 0.0121 e. The number of hydrogen-bond donors (Lipinski definition) is 0. The summed E-state index contributed by atoms with van der Waals surface area (Å²) in [7, 11) is 0.